The fourth-order valence-electron chi connectivity index (χ4n) is 3.13. The van der Waals surface area contributed by atoms with Crippen molar-refractivity contribution in [1.29, 1.82) is 0 Å². The van der Waals surface area contributed by atoms with Crippen molar-refractivity contribution in [1.82, 2.24) is 4.90 Å². The number of nitrogens with one attached hydrogen (secondary N) is 1. The van der Waals surface area contributed by atoms with E-state index in [0.717, 1.165) is 22.2 Å². The quantitative estimate of drug-likeness (QED) is 0.551. The highest BCUT2D eigenvalue weighted by Crippen LogP contribution is 2.38. The fourth-order valence-corrected chi connectivity index (χ4v) is 4.62. The van der Waals surface area contributed by atoms with E-state index in [9.17, 15) is 22.8 Å². The fraction of sp³-hybridized carbons (Fsp3) is 0.333. The van der Waals surface area contributed by atoms with Gasteiger partial charge in [-0.3, -0.25) is 19.3 Å². The van der Waals surface area contributed by atoms with Crippen LogP contribution in [0.4, 0.5) is 10.5 Å². The van der Waals surface area contributed by atoms with E-state index in [0.29, 0.717) is 36.3 Å². The third-order valence-corrected chi connectivity index (χ3v) is 6.67. The number of amides is 3. The summed E-state index contributed by atoms with van der Waals surface area (Å²) in [5.41, 5.74) is 1.18. The molecule has 3 rings (SSSR count). The lowest BCUT2D eigenvalue weighted by molar-refractivity contribution is -0.127. The van der Waals surface area contributed by atoms with Crippen molar-refractivity contribution in [2.75, 3.05) is 11.9 Å². The van der Waals surface area contributed by atoms with Crippen LogP contribution in [0.15, 0.2) is 39.6 Å². The topological polar surface area (TPSA) is 131 Å². The molecule has 1 saturated heterocycles. The molecule has 3 N–H and O–H groups in total. The Labute approximate surface area is 172 Å². The number of imide groups is 1. The van der Waals surface area contributed by atoms with E-state index in [1.165, 1.54) is 24.3 Å². The number of sulfonamides is 1. The molecule has 1 aromatic rings. The molecule has 0 bridgehead atoms. The van der Waals surface area contributed by atoms with Gasteiger partial charge in [0.15, 0.2) is 0 Å². The maximum Gasteiger partial charge on any atom is 0.294 e. The minimum Gasteiger partial charge on any atom is -0.325 e. The van der Waals surface area contributed by atoms with Crippen LogP contribution >= 0.6 is 11.8 Å². The first-order chi connectivity index (χ1) is 13.7. The number of nitrogens with two attached hydrogens (primary N) is 1. The Morgan fingerprint density at radius 3 is 2.41 bits per heavy atom. The molecule has 3 amide bonds. The molecule has 0 spiro atoms. The number of carbonyl (C=O) groups excluding carboxylic acids is 3. The molecule has 11 heteroatoms. The standard InChI is InChI=1S/C18H18N4O5S2/c1-20-12-4-2-11(3-5-12)16-17(24)22(18(25)28-16)10-15(23)21-13-6-8-14(9-7-13)29(19,26)27/h6-9,12H,2-5,10H2,(H,21,23)(H2,19,26,27). The van der Waals surface area contributed by atoms with E-state index in [-0.39, 0.29) is 10.9 Å². The van der Waals surface area contributed by atoms with Gasteiger partial charge in [-0.2, -0.15) is 0 Å². The van der Waals surface area contributed by atoms with Crippen molar-refractivity contribution < 1.29 is 22.8 Å². The number of benzene rings is 1. The number of primary sulfonamides is 1. The van der Waals surface area contributed by atoms with Crippen LogP contribution in [-0.2, 0) is 19.6 Å². The number of nitrogens with zero attached hydrogens (tertiary/aromatic N) is 2. The highest BCUT2D eigenvalue weighted by atomic mass is 32.2. The lowest BCUT2D eigenvalue weighted by atomic mass is 9.91. The summed E-state index contributed by atoms with van der Waals surface area (Å²) in [7, 11) is -3.84. The number of rotatable bonds is 4. The Morgan fingerprint density at radius 1 is 1.24 bits per heavy atom. The van der Waals surface area contributed by atoms with Gasteiger partial charge in [-0.1, -0.05) is 0 Å². The highest BCUT2D eigenvalue weighted by Gasteiger charge is 2.39. The Balaban J connectivity index is 1.64. The summed E-state index contributed by atoms with van der Waals surface area (Å²) >= 11 is 0.829. The Hall–Kier alpha value is -2.68. The number of hydrogen-bond acceptors (Lipinski definition) is 6. The van der Waals surface area contributed by atoms with Crippen LogP contribution in [-0.4, -0.2) is 43.0 Å². The average molecular weight is 434 g/mol. The van der Waals surface area contributed by atoms with Crippen LogP contribution < -0.4 is 10.5 Å². The third-order valence-electron chi connectivity index (χ3n) is 4.68. The van der Waals surface area contributed by atoms with Gasteiger partial charge in [0.05, 0.1) is 9.80 Å². The maximum atomic E-state index is 12.6. The molecular formula is C18H18N4O5S2. The van der Waals surface area contributed by atoms with E-state index in [4.69, 9.17) is 11.7 Å². The van der Waals surface area contributed by atoms with E-state index in [1.54, 1.807) is 0 Å². The Morgan fingerprint density at radius 2 is 1.86 bits per heavy atom. The summed E-state index contributed by atoms with van der Waals surface area (Å²) in [6.07, 6.45) is 2.54. The van der Waals surface area contributed by atoms with Gasteiger partial charge in [-0.05, 0) is 54.4 Å². The van der Waals surface area contributed by atoms with Crippen molar-refractivity contribution in [3.63, 3.8) is 0 Å². The van der Waals surface area contributed by atoms with E-state index in [2.05, 4.69) is 10.2 Å². The van der Waals surface area contributed by atoms with Gasteiger partial charge in [-0.15, -0.1) is 0 Å². The SMILES string of the molecule is [C-]#[N+]C1CCC(=C2SC(=O)N(CC(=O)Nc3ccc(S(N)(=O)=O)cc3)C2=O)CC1. The maximum absolute atomic E-state index is 12.6. The molecule has 0 unspecified atom stereocenters. The minimum atomic E-state index is -3.84. The molecule has 152 valence electrons. The molecule has 2 aliphatic rings. The number of hydrogen-bond donors (Lipinski definition) is 2. The van der Waals surface area contributed by atoms with Crippen molar-refractivity contribution >= 4 is 44.5 Å². The van der Waals surface area contributed by atoms with Gasteiger partial charge in [0.25, 0.3) is 11.1 Å². The van der Waals surface area contributed by atoms with Crippen molar-refractivity contribution in [2.45, 2.75) is 36.6 Å². The van der Waals surface area contributed by atoms with Crippen LogP contribution in [0.5, 0.6) is 0 Å². The molecule has 29 heavy (non-hydrogen) atoms. The molecule has 2 fully saturated rings. The zero-order chi connectivity index (χ0) is 21.2. The first kappa shape index (κ1) is 21.0. The summed E-state index contributed by atoms with van der Waals surface area (Å²) in [5.74, 6) is -1.07. The van der Waals surface area contributed by atoms with Gasteiger partial charge < -0.3 is 10.2 Å². The first-order valence-corrected chi connectivity index (χ1v) is 11.1. The molecule has 1 aromatic carbocycles. The molecular weight excluding hydrogens is 416 g/mol. The second-order valence-corrected chi connectivity index (χ2v) is 9.19. The summed E-state index contributed by atoms with van der Waals surface area (Å²) in [5, 5.41) is 7.03. The molecule has 1 aliphatic carbocycles. The molecule has 9 nitrogen and oxygen atoms in total. The van der Waals surface area contributed by atoms with Crippen LogP contribution in [0, 0.1) is 6.57 Å². The predicted octanol–water partition coefficient (Wildman–Crippen LogP) is 2.08. The lowest BCUT2D eigenvalue weighted by Gasteiger charge is -2.17. The third kappa shape index (κ3) is 4.84. The first-order valence-electron chi connectivity index (χ1n) is 8.74. The van der Waals surface area contributed by atoms with Gasteiger partial charge in [0.2, 0.25) is 22.0 Å². The van der Waals surface area contributed by atoms with Crippen LogP contribution in [0.3, 0.4) is 0 Å². The largest absolute Gasteiger partial charge is 0.325 e. The Bertz CT molecular complexity index is 1030. The van der Waals surface area contributed by atoms with E-state index >= 15 is 0 Å². The van der Waals surface area contributed by atoms with Crippen LogP contribution in [0.1, 0.15) is 25.7 Å². The van der Waals surface area contributed by atoms with Crippen molar-refractivity contribution in [3.05, 3.63) is 46.2 Å². The summed E-state index contributed by atoms with van der Waals surface area (Å²) in [6.45, 7) is 6.64. The molecule has 1 heterocycles. The molecule has 0 atom stereocenters. The number of anilines is 1. The van der Waals surface area contributed by atoms with Gasteiger partial charge in [0.1, 0.15) is 6.54 Å². The number of thioether (sulfide) groups is 1. The zero-order valence-electron chi connectivity index (χ0n) is 15.3. The number of allylic oxidation sites excluding steroid dienone is 1. The van der Waals surface area contributed by atoms with E-state index < -0.39 is 33.6 Å². The van der Waals surface area contributed by atoms with Gasteiger partial charge >= 0.3 is 0 Å². The molecule has 1 saturated carbocycles. The molecule has 0 radical (unpaired) electrons. The Kier molecular flexibility index (Phi) is 6.07. The van der Waals surface area contributed by atoms with Gasteiger partial charge in [-0.25, -0.2) is 20.1 Å². The number of carbonyl (C=O) groups is 3. The minimum absolute atomic E-state index is 0.0425. The summed E-state index contributed by atoms with van der Waals surface area (Å²) in [4.78, 5) is 41.8. The van der Waals surface area contributed by atoms with Crippen LogP contribution in [0.2, 0.25) is 0 Å². The second kappa shape index (κ2) is 8.36. The summed E-state index contributed by atoms with van der Waals surface area (Å²) in [6, 6.07) is 5.18. The second-order valence-electron chi connectivity index (χ2n) is 6.67. The smallest absolute Gasteiger partial charge is 0.294 e. The lowest BCUT2D eigenvalue weighted by Crippen LogP contribution is -2.36. The van der Waals surface area contributed by atoms with E-state index in [1.807, 2.05) is 0 Å². The molecule has 1 aliphatic heterocycles. The van der Waals surface area contributed by atoms with Crippen LogP contribution in [0.25, 0.3) is 4.85 Å². The summed E-state index contributed by atoms with van der Waals surface area (Å²) < 4.78 is 22.5. The predicted molar refractivity (Wildman–Crippen MR) is 107 cm³/mol. The monoisotopic (exact) mass is 434 g/mol. The van der Waals surface area contributed by atoms with Crippen molar-refractivity contribution in [2.24, 2.45) is 5.14 Å². The zero-order valence-corrected chi connectivity index (χ0v) is 16.9. The normalized spacial score (nSPS) is 20.0. The van der Waals surface area contributed by atoms with Crippen molar-refractivity contribution in [3.8, 4) is 0 Å². The average Bonchev–Trinajstić information content (AvgIpc) is 2.96. The highest BCUT2D eigenvalue weighted by molar-refractivity contribution is 8.18. The van der Waals surface area contributed by atoms with Gasteiger partial charge in [0, 0.05) is 18.5 Å². The molecule has 0 aromatic heterocycles.